The van der Waals surface area contributed by atoms with Gasteiger partial charge < -0.3 is 0 Å². The molecule has 0 heterocycles. The van der Waals surface area contributed by atoms with E-state index in [4.69, 9.17) is 11.6 Å². The molecule has 1 aromatic carbocycles. The molecule has 3 nitrogen and oxygen atoms in total. The zero-order valence-corrected chi connectivity index (χ0v) is 11.1. The van der Waals surface area contributed by atoms with Crippen LogP contribution in [0.5, 0.6) is 0 Å². The number of halogens is 4. The summed E-state index contributed by atoms with van der Waals surface area (Å²) in [5.74, 6) is -0.501. The van der Waals surface area contributed by atoms with E-state index in [2.05, 4.69) is 0 Å². The third kappa shape index (κ3) is 3.59. The lowest BCUT2D eigenvalue weighted by Crippen LogP contribution is -2.16. The van der Waals surface area contributed by atoms with Crippen molar-refractivity contribution in [2.45, 2.75) is 37.7 Å². The second kappa shape index (κ2) is 5.77. The quantitative estimate of drug-likeness (QED) is 0.457. The predicted molar refractivity (Wildman–Crippen MR) is 66.4 cm³/mol. The number of nitrogens with zero attached hydrogens (tertiary/aromatic N) is 1. The minimum Gasteiger partial charge on any atom is -0.258 e. The number of nitro groups is 1. The molecule has 0 aliphatic heterocycles. The highest BCUT2D eigenvalue weighted by Gasteiger charge is 2.37. The third-order valence-corrected chi connectivity index (χ3v) is 3.25. The summed E-state index contributed by atoms with van der Waals surface area (Å²) in [6.07, 6.45) is -4.22. The van der Waals surface area contributed by atoms with Crippen LogP contribution in [0.3, 0.4) is 0 Å². The Morgan fingerprint density at radius 1 is 1.42 bits per heavy atom. The maximum absolute atomic E-state index is 13.0. The van der Waals surface area contributed by atoms with E-state index in [9.17, 15) is 23.3 Å². The first kappa shape index (κ1) is 15.8. The molecule has 0 aromatic heterocycles. The fourth-order valence-electron chi connectivity index (χ4n) is 2.02. The minimum atomic E-state index is -4.64. The van der Waals surface area contributed by atoms with Gasteiger partial charge in [-0.2, -0.15) is 13.2 Å². The number of hydrogen-bond acceptors (Lipinski definition) is 2. The van der Waals surface area contributed by atoms with Crippen molar-refractivity contribution < 1.29 is 18.1 Å². The van der Waals surface area contributed by atoms with E-state index >= 15 is 0 Å². The Kier molecular flexibility index (Phi) is 4.79. The minimum absolute atomic E-state index is 0.00287. The molecular weight excluding hydrogens is 283 g/mol. The van der Waals surface area contributed by atoms with E-state index in [0.29, 0.717) is 12.5 Å². The van der Waals surface area contributed by atoms with Crippen LogP contribution in [0.4, 0.5) is 18.9 Å². The van der Waals surface area contributed by atoms with Gasteiger partial charge in [0.25, 0.3) is 5.69 Å². The summed E-state index contributed by atoms with van der Waals surface area (Å²) < 4.78 is 39.0. The Morgan fingerprint density at radius 3 is 2.37 bits per heavy atom. The second-order valence-electron chi connectivity index (χ2n) is 4.22. The first-order valence-electron chi connectivity index (χ1n) is 5.68. The molecule has 106 valence electrons. The molecule has 0 N–H and O–H groups in total. The fourth-order valence-corrected chi connectivity index (χ4v) is 2.33. The molecule has 0 saturated heterocycles. The van der Waals surface area contributed by atoms with Gasteiger partial charge in [0, 0.05) is 23.4 Å². The SMILES string of the molecule is CCC(c1ccc([N+](=O)[O-])cc1C(F)(F)F)C(C)Cl. The molecule has 1 rings (SSSR count). The van der Waals surface area contributed by atoms with Crippen LogP contribution < -0.4 is 0 Å². The summed E-state index contributed by atoms with van der Waals surface area (Å²) in [6.45, 7) is 3.34. The molecule has 0 spiro atoms. The van der Waals surface area contributed by atoms with Crippen LogP contribution in [0.2, 0.25) is 0 Å². The summed E-state index contributed by atoms with van der Waals surface area (Å²) >= 11 is 5.90. The predicted octanol–water partition coefficient (Wildman–Crippen LogP) is 4.73. The monoisotopic (exact) mass is 295 g/mol. The van der Waals surface area contributed by atoms with Crippen LogP contribution in [0.25, 0.3) is 0 Å². The molecule has 19 heavy (non-hydrogen) atoms. The van der Waals surface area contributed by atoms with Gasteiger partial charge in [-0.1, -0.05) is 13.0 Å². The number of hydrogen-bond donors (Lipinski definition) is 0. The molecule has 1 aromatic rings. The summed E-state index contributed by atoms with van der Waals surface area (Å²) in [4.78, 5) is 9.73. The van der Waals surface area contributed by atoms with Gasteiger partial charge in [-0.15, -0.1) is 11.6 Å². The molecule has 0 radical (unpaired) electrons. The zero-order chi connectivity index (χ0) is 14.8. The lowest BCUT2D eigenvalue weighted by Gasteiger charge is -2.22. The first-order valence-corrected chi connectivity index (χ1v) is 6.11. The number of non-ortho nitro benzene ring substituents is 1. The fraction of sp³-hybridized carbons (Fsp3) is 0.500. The van der Waals surface area contributed by atoms with E-state index < -0.39 is 33.6 Å². The molecule has 0 aliphatic carbocycles. The topological polar surface area (TPSA) is 43.1 Å². The molecule has 0 saturated carbocycles. The Morgan fingerprint density at radius 2 is 2.00 bits per heavy atom. The Labute approximate surface area is 113 Å². The zero-order valence-electron chi connectivity index (χ0n) is 10.4. The van der Waals surface area contributed by atoms with Crippen molar-refractivity contribution in [2.75, 3.05) is 0 Å². The van der Waals surface area contributed by atoms with Crippen LogP contribution in [-0.2, 0) is 6.18 Å². The molecule has 0 fully saturated rings. The van der Waals surface area contributed by atoms with Crippen molar-refractivity contribution in [1.82, 2.24) is 0 Å². The van der Waals surface area contributed by atoms with Crippen molar-refractivity contribution >= 4 is 17.3 Å². The van der Waals surface area contributed by atoms with E-state index in [1.165, 1.54) is 0 Å². The van der Waals surface area contributed by atoms with Crippen molar-refractivity contribution in [2.24, 2.45) is 0 Å². The average molecular weight is 296 g/mol. The maximum Gasteiger partial charge on any atom is 0.416 e. The number of benzene rings is 1. The van der Waals surface area contributed by atoms with E-state index in [1.807, 2.05) is 0 Å². The van der Waals surface area contributed by atoms with Gasteiger partial charge in [-0.25, -0.2) is 0 Å². The highest BCUT2D eigenvalue weighted by atomic mass is 35.5. The third-order valence-electron chi connectivity index (χ3n) is 2.95. The number of rotatable bonds is 4. The summed E-state index contributed by atoms with van der Waals surface area (Å²) in [5, 5.41) is 10.1. The first-order chi connectivity index (χ1) is 8.68. The largest absolute Gasteiger partial charge is 0.416 e. The molecule has 0 bridgehead atoms. The highest BCUT2D eigenvalue weighted by Crippen LogP contribution is 2.40. The van der Waals surface area contributed by atoms with Gasteiger partial charge in [-0.3, -0.25) is 10.1 Å². The molecule has 7 heteroatoms. The van der Waals surface area contributed by atoms with Crippen molar-refractivity contribution in [3.05, 3.63) is 39.4 Å². The molecule has 0 aliphatic rings. The highest BCUT2D eigenvalue weighted by molar-refractivity contribution is 6.20. The molecular formula is C12H13ClF3NO2. The van der Waals surface area contributed by atoms with E-state index in [1.54, 1.807) is 13.8 Å². The standard InChI is InChI=1S/C12H13ClF3NO2/c1-3-9(7(2)13)10-5-4-8(17(18)19)6-11(10)12(14,15)16/h4-7,9H,3H2,1-2H3. The lowest BCUT2D eigenvalue weighted by molar-refractivity contribution is -0.385. The number of alkyl halides is 4. The molecule has 2 unspecified atom stereocenters. The number of nitro benzene ring substituents is 1. The normalized spacial score (nSPS) is 15.1. The van der Waals surface area contributed by atoms with Crippen molar-refractivity contribution in [1.29, 1.82) is 0 Å². The van der Waals surface area contributed by atoms with Crippen LogP contribution in [-0.4, -0.2) is 10.3 Å². The lowest BCUT2D eigenvalue weighted by atomic mass is 9.89. The van der Waals surface area contributed by atoms with E-state index in [-0.39, 0.29) is 5.56 Å². The van der Waals surface area contributed by atoms with Crippen molar-refractivity contribution in [3.63, 3.8) is 0 Å². The van der Waals surface area contributed by atoms with Crippen LogP contribution >= 0.6 is 11.6 Å². The van der Waals surface area contributed by atoms with Gasteiger partial charge in [-0.05, 0) is 18.9 Å². The maximum atomic E-state index is 13.0. The van der Waals surface area contributed by atoms with Crippen LogP contribution in [0, 0.1) is 10.1 Å². The van der Waals surface area contributed by atoms with Crippen molar-refractivity contribution in [3.8, 4) is 0 Å². The summed E-state index contributed by atoms with van der Waals surface area (Å²) in [5.41, 5.74) is -1.56. The van der Waals surface area contributed by atoms with Crippen LogP contribution in [0.1, 0.15) is 37.3 Å². The van der Waals surface area contributed by atoms with Gasteiger partial charge in [0.15, 0.2) is 0 Å². The van der Waals surface area contributed by atoms with Gasteiger partial charge in [0.2, 0.25) is 0 Å². The summed E-state index contributed by atoms with van der Waals surface area (Å²) in [6, 6.07) is 2.79. The van der Waals surface area contributed by atoms with E-state index in [0.717, 1.165) is 12.1 Å². The Bertz CT molecular complexity index is 475. The molecule has 0 amide bonds. The van der Waals surface area contributed by atoms with Gasteiger partial charge in [0.1, 0.15) is 0 Å². The van der Waals surface area contributed by atoms with Gasteiger partial charge in [0.05, 0.1) is 10.5 Å². The smallest absolute Gasteiger partial charge is 0.258 e. The molecule has 2 atom stereocenters. The Balaban J connectivity index is 3.43. The van der Waals surface area contributed by atoms with Crippen LogP contribution in [0.15, 0.2) is 18.2 Å². The average Bonchev–Trinajstić information content (AvgIpc) is 2.28. The van der Waals surface area contributed by atoms with Gasteiger partial charge >= 0.3 is 6.18 Å². The second-order valence-corrected chi connectivity index (χ2v) is 4.91. The Hall–Kier alpha value is -1.30. The summed E-state index contributed by atoms with van der Waals surface area (Å²) in [7, 11) is 0.